The van der Waals surface area contributed by atoms with Crippen LogP contribution in [0.5, 0.6) is 0 Å². The summed E-state index contributed by atoms with van der Waals surface area (Å²) in [7, 11) is 4.10. The lowest BCUT2D eigenvalue weighted by atomic mass is 10.4. The molecule has 0 aliphatic carbocycles. The van der Waals surface area contributed by atoms with Gasteiger partial charge in [-0.3, -0.25) is 0 Å². The quantitative estimate of drug-likeness (QED) is 0.750. The Balaban J connectivity index is 2.60. The minimum atomic E-state index is 0.637. The van der Waals surface area contributed by atoms with E-state index >= 15 is 0 Å². The molecule has 0 aliphatic rings. The second-order valence-corrected chi connectivity index (χ2v) is 4.08. The summed E-state index contributed by atoms with van der Waals surface area (Å²) >= 11 is 5.07. The summed E-state index contributed by atoms with van der Waals surface area (Å²) in [6.45, 7) is 3.94. The number of anilines is 1. The van der Waals surface area contributed by atoms with Crippen LogP contribution in [0.1, 0.15) is 12.7 Å². The maximum Gasteiger partial charge on any atom is 0.131 e. The summed E-state index contributed by atoms with van der Waals surface area (Å²) < 4.78 is 0.637. The monoisotopic (exact) mass is 226 g/mol. The summed E-state index contributed by atoms with van der Waals surface area (Å²) in [6.07, 6.45) is 0.868. The number of hydrogen-bond donors (Lipinski definition) is 2. The lowest BCUT2D eigenvalue weighted by Gasteiger charge is -2.11. The van der Waals surface area contributed by atoms with Gasteiger partial charge in [-0.2, -0.15) is 0 Å². The van der Waals surface area contributed by atoms with Gasteiger partial charge in [-0.1, -0.05) is 19.1 Å². The first kappa shape index (κ1) is 12.1. The molecule has 1 aromatic heterocycles. The largest absolute Gasteiger partial charge is 0.370 e. The van der Waals surface area contributed by atoms with E-state index in [2.05, 4.69) is 27.1 Å². The Hall–Kier alpha value is -0.940. The molecule has 0 fully saturated rings. The molecule has 0 bridgehead atoms. The van der Waals surface area contributed by atoms with Crippen molar-refractivity contribution in [2.75, 3.05) is 32.5 Å². The summed E-state index contributed by atoms with van der Waals surface area (Å²) in [6, 6.07) is 1.85. The van der Waals surface area contributed by atoms with E-state index < -0.39 is 0 Å². The van der Waals surface area contributed by atoms with Crippen molar-refractivity contribution in [3.63, 3.8) is 0 Å². The fourth-order valence-electron chi connectivity index (χ4n) is 1.19. The van der Waals surface area contributed by atoms with Crippen LogP contribution in [0.2, 0.25) is 0 Å². The molecule has 4 nitrogen and oxygen atoms in total. The maximum atomic E-state index is 5.07. The van der Waals surface area contributed by atoms with Crippen LogP contribution in [0.4, 0.5) is 5.82 Å². The lowest BCUT2D eigenvalue weighted by Crippen LogP contribution is -2.21. The zero-order valence-electron chi connectivity index (χ0n) is 9.50. The predicted molar refractivity (Wildman–Crippen MR) is 65.8 cm³/mol. The number of rotatable bonds is 5. The molecule has 2 N–H and O–H groups in total. The van der Waals surface area contributed by atoms with Gasteiger partial charge in [-0.25, -0.2) is 4.98 Å². The highest BCUT2D eigenvalue weighted by Gasteiger charge is 1.97. The zero-order valence-corrected chi connectivity index (χ0v) is 10.3. The van der Waals surface area contributed by atoms with Crippen molar-refractivity contribution in [2.45, 2.75) is 13.3 Å². The van der Waals surface area contributed by atoms with E-state index in [0.717, 1.165) is 31.2 Å². The van der Waals surface area contributed by atoms with Crippen molar-refractivity contribution in [3.8, 4) is 0 Å². The van der Waals surface area contributed by atoms with Crippen LogP contribution in [-0.4, -0.2) is 42.1 Å². The number of hydrogen-bond acceptors (Lipinski definition) is 4. The van der Waals surface area contributed by atoms with Gasteiger partial charge in [0.2, 0.25) is 0 Å². The van der Waals surface area contributed by atoms with E-state index in [1.165, 1.54) is 0 Å². The van der Waals surface area contributed by atoms with Crippen LogP contribution >= 0.6 is 12.2 Å². The summed E-state index contributed by atoms with van der Waals surface area (Å²) in [5.74, 6) is 1.88. The van der Waals surface area contributed by atoms with Gasteiger partial charge in [0.15, 0.2) is 0 Å². The average Bonchev–Trinajstić information content (AvgIpc) is 2.16. The minimum absolute atomic E-state index is 0.637. The van der Waals surface area contributed by atoms with Crippen LogP contribution in [-0.2, 0) is 6.42 Å². The Kier molecular flexibility index (Phi) is 4.71. The number of nitrogens with zero attached hydrogens (tertiary/aromatic N) is 2. The van der Waals surface area contributed by atoms with E-state index in [0.29, 0.717) is 4.64 Å². The second-order valence-electron chi connectivity index (χ2n) is 3.66. The second kappa shape index (κ2) is 5.82. The number of likely N-dealkylation sites (N-methyl/N-ethyl adjacent to an activating group) is 1. The van der Waals surface area contributed by atoms with Gasteiger partial charge < -0.3 is 15.2 Å². The molecule has 5 heteroatoms. The minimum Gasteiger partial charge on any atom is -0.370 e. The van der Waals surface area contributed by atoms with E-state index in [9.17, 15) is 0 Å². The molecule has 0 amide bonds. The standard InChI is InChI=1S/C10H18N4S/c1-4-8-12-9(7-10(15)13-8)11-5-6-14(2)3/h7H,4-6H2,1-3H3,(H2,11,12,13,15). The molecule has 1 aromatic rings. The number of nitrogens with one attached hydrogen (secondary N) is 2. The molecular weight excluding hydrogens is 208 g/mol. The molecule has 0 atom stereocenters. The van der Waals surface area contributed by atoms with Crippen LogP contribution in [0.15, 0.2) is 6.07 Å². The molecule has 1 rings (SSSR count). The van der Waals surface area contributed by atoms with E-state index in [4.69, 9.17) is 12.2 Å². The van der Waals surface area contributed by atoms with Crippen LogP contribution in [0.25, 0.3) is 0 Å². The van der Waals surface area contributed by atoms with Crippen molar-refractivity contribution in [2.24, 2.45) is 0 Å². The van der Waals surface area contributed by atoms with Gasteiger partial charge >= 0.3 is 0 Å². The van der Waals surface area contributed by atoms with Gasteiger partial charge in [-0.15, -0.1) is 0 Å². The highest BCUT2D eigenvalue weighted by molar-refractivity contribution is 7.71. The number of aromatic nitrogens is 2. The third-order valence-electron chi connectivity index (χ3n) is 2.00. The Morgan fingerprint density at radius 3 is 2.87 bits per heavy atom. The number of H-pyrrole nitrogens is 1. The lowest BCUT2D eigenvalue weighted by molar-refractivity contribution is 0.425. The topological polar surface area (TPSA) is 44.0 Å². The van der Waals surface area contributed by atoms with Crippen LogP contribution in [0, 0.1) is 4.64 Å². The van der Waals surface area contributed by atoms with E-state index in [1.807, 2.05) is 20.2 Å². The van der Waals surface area contributed by atoms with Gasteiger partial charge in [0.1, 0.15) is 16.3 Å². The highest BCUT2D eigenvalue weighted by Crippen LogP contribution is 2.03. The fourth-order valence-corrected chi connectivity index (χ4v) is 1.41. The van der Waals surface area contributed by atoms with Crippen LogP contribution in [0.3, 0.4) is 0 Å². The van der Waals surface area contributed by atoms with Gasteiger partial charge in [0.05, 0.1) is 0 Å². The molecule has 0 aromatic carbocycles. The average molecular weight is 226 g/mol. The molecule has 0 unspecified atom stereocenters. The van der Waals surface area contributed by atoms with Crippen molar-refractivity contribution in [3.05, 3.63) is 16.5 Å². The molecule has 84 valence electrons. The third kappa shape index (κ3) is 4.40. The maximum absolute atomic E-state index is 5.07. The molecule has 15 heavy (non-hydrogen) atoms. The van der Waals surface area contributed by atoms with Gasteiger partial charge in [0.25, 0.3) is 0 Å². The smallest absolute Gasteiger partial charge is 0.131 e. The molecule has 0 spiro atoms. The Morgan fingerprint density at radius 1 is 1.53 bits per heavy atom. The number of aromatic amines is 1. The summed E-state index contributed by atoms with van der Waals surface area (Å²) in [5.41, 5.74) is 0. The molecule has 1 heterocycles. The van der Waals surface area contributed by atoms with Crippen LogP contribution < -0.4 is 5.32 Å². The van der Waals surface area contributed by atoms with Gasteiger partial charge in [0, 0.05) is 25.6 Å². The molecule has 0 radical (unpaired) electrons. The van der Waals surface area contributed by atoms with Crippen molar-refractivity contribution >= 4 is 18.0 Å². The van der Waals surface area contributed by atoms with E-state index in [1.54, 1.807) is 0 Å². The first-order valence-electron chi connectivity index (χ1n) is 5.10. The number of aryl methyl sites for hydroxylation is 1. The molecular formula is C10H18N4S. The Bertz CT molecular complexity index is 359. The highest BCUT2D eigenvalue weighted by atomic mass is 32.1. The normalized spacial score (nSPS) is 10.7. The molecule has 0 aliphatic heterocycles. The van der Waals surface area contributed by atoms with Crippen molar-refractivity contribution in [1.82, 2.24) is 14.9 Å². The summed E-state index contributed by atoms with van der Waals surface area (Å²) in [4.78, 5) is 9.53. The first-order valence-corrected chi connectivity index (χ1v) is 5.51. The Labute approximate surface area is 95.7 Å². The first-order chi connectivity index (χ1) is 7.11. The summed E-state index contributed by atoms with van der Waals surface area (Å²) in [5, 5.41) is 3.29. The zero-order chi connectivity index (χ0) is 11.3. The molecule has 0 saturated heterocycles. The molecule has 0 saturated carbocycles. The Morgan fingerprint density at radius 2 is 2.27 bits per heavy atom. The van der Waals surface area contributed by atoms with E-state index in [-0.39, 0.29) is 0 Å². The third-order valence-corrected chi connectivity index (χ3v) is 2.21. The fraction of sp³-hybridized carbons (Fsp3) is 0.600. The predicted octanol–water partition coefficient (Wildman–Crippen LogP) is 1.68. The van der Waals surface area contributed by atoms with Crippen molar-refractivity contribution < 1.29 is 0 Å². The van der Waals surface area contributed by atoms with Crippen molar-refractivity contribution in [1.29, 1.82) is 0 Å². The van der Waals surface area contributed by atoms with Gasteiger partial charge in [-0.05, 0) is 14.1 Å². The SMILES string of the molecule is CCc1nc(=S)cc(NCCN(C)C)[nH]1.